The van der Waals surface area contributed by atoms with E-state index in [0.29, 0.717) is 12.5 Å². The zero-order valence-corrected chi connectivity index (χ0v) is 11.5. The van der Waals surface area contributed by atoms with E-state index in [-0.39, 0.29) is 5.92 Å². The molecule has 2 fully saturated rings. The molecule has 2 rings (SSSR count). The molecule has 0 saturated carbocycles. The summed E-state index contributed by atoms with van der Waals surface area (Å²) in [5, 5.41) is 3.20. The molecule has 1 atom stereocenters. The minimum absolute atomic E-state index is 0.132. The van der Waals surface area contributed by atoms with Crippen molar-refractivity contribution >= 4 is 5.91 Å². The number of nitrogens with zero attached hydrogens (tertiary/aromatic N) is 1. The van der Waals surface area contributed by atoms with Crippen LogP contribution in [0.2, 0.25) is 0 Å². The molecule has 0 bridgehead atoms. The van der Waals surface area contributed by atoms with Crippen LogP contribution >= 0.6 is 0 Å². The van der Waals surface area contributed by atoms with Gasteiger partial charge in [-0.2, -0.15) is 0 Å². The Morgan fingerprint density at radius 1 is 1.33 bits per heavy atom. The number of carbonyl (C=O) groups excluding carboxylic acids is 1. The monoisotopic (exact) mass is 254 g/mol. The van der Waals surface area contributed by atoms with Crippen LogP contribution in [-0.4, -0.2) is 50.7 Å². The second kappa shape index (κ2) is 7.10. The van der Waals surface area contributed by atoms with Crippen molar-refractivity contribution in [3.63, 3.8) is 0 Å². The van der Waals surface area contributed by atoms with E-state index < -0.39 is 0 Å². The first-order chi connectivity index (χ1) is 8.81. The Hall–Kier alpha value is -0.610. The Kier molecular flexibility index (Phi) is 5.45. The maximum atomic E-state index is 12.3. The first kappa shape index (κ1) is 13.8. The van der Waals surface area contributed by atoms with Gasteiger partial charge in [-0.1, -0.05) is 0 Å². The van der Waals surface area contributed by atoms with E-state index in [1.807, 2.05) is 7.05 Å². The summed E-state index contributed by atoms with van der Waals surface area (Å²) >= 11 is 0. The second-order valence-electron chi connectivity index (χ2n) is 5.57. The van der Waals surface area contributed by atoms with E-state index in [0.717, 1.165) is 45.0 Å². The number of ether oxygens (including phenoxy) is 1. The van der Waals surface area contributed by atoms with Crippen molar-refractivity contribution in [2.24, 2.45) is 11.8 Å². The van der Waals surface area contributed by atoms with Gasteiger partial charge in [-0.15, -0.1) is 0 Å². The minimum atomic E-state index is 0.132. The summed E-state index contributed by atoms with van der Waals surface area (Å²) < 4.78 is 5.41. The minimum Gasteiger partial charge on any atom is -0.381 e. The normalized spacial score (nSPS) is 26.3. The summed E-state index contributed by atoms with van der Waals surface area (Å²) in [6, 6.07) is 0. The summed E-state index contributed by atoms with van der Waals surface area (Å²) in [6.07, 6.45) is 5.63. The summed E-state index contributed by atoms with van der Waals surface area (Å²) in [7, 11) is 2.00. The van der Waals surface area contributed by atoms with Gasteiger partial charge in [0.15, 0.2) is 0 Å². The maximum absolute atomic E-state index is 12.3. The zero-order chi connectivity index (χ0) is 12.8. The van der Waals surface area contributed by atoms with Crippen molar-refractivity contribution < 1.29 is 9.53 Å². The lowest BCUT2D eigenvalue weighted by Crippen LogP contribution is -2.44. The Morgan fingerprint density at radius 3 is 2.72 bits per heavy atom. The fraction of sp³-hybridized carbons (Fsp3) is 0.929. The van der Waals surface area contributed by atoms with Gasteiger partial charge in [-0.25, -0.2) is 0 Å². The molecule has 4 nitrogen and oxygen atoms in total. The van der Waals surface area contributed by atoms with E-state index in [1.165, 1.54) is 19.3 Å². The maximum Gasteiger partial charge on any atom is 0.228 e. The number of likely N-dealkylation sites (tertiary alicyclic amines) is 1. The topological polar surface area (TPSA) is 41.6 Å². The van der Waals surface area contributed by atoms with Crippen LogP contribution in [0.1, 0.15) is 32.1 Å². The van der Waals surface area contributed by atoms with Gasteiger partial charge in [0.1, 0.15) is 0 Å². The molecular weight excluding hydrogens is 228 g/mol. The molecule has 18 heavy (non-hydrogen) atoms. The number of piperidine rings is 1. The van der Waals surface area contributed by atoms with Crippen LogP contribution in [0.4, 0.5) is 0 Å². The summed E-state index contributed by atoms with van der Waals surface area (Å²) in [5.74, 6) is 1.26. The van der Waals surface area contributed by atoms with Crippen LogP contribution in [0.5, 0.6) is 0 Å². The number of nitrogens with one attached hydrogen (secondary N) is 1. The molecular formula is C14H26N2O2. The molecule has 2 aliphatic rings. The third-order valence-electron chi connectivity index (χ3n) is 4.24. The van der Waals surface area contributed by atoms with Crippen LogP contribution in [-0.2, 0) is 9.53 Å². The van der Waals surface area contributed by atoms with Crippen LogP contribution in [0.25, 0.3) is 0 Å². The van der Waals surface area contributed by atoms with Crippen LogP contribution in [0.15, 0.2) is 0 Å². The van der Waals surface area contributed by atoms with Crippen molar-refractivity contribution in [1.82, 2.24) is 10.2 Å². The first-order valence-electron chi connectivity index (χ1n) is 7.32. The third kappa shape index (κ3) is 3.69. The van der Waals surface area contributed by atoms with E-state index in [4.69, 9.17) is 4.74 Å². The molecule has 2 aliphatic heterocycles. The smallest absolute Gasteiger partial charge is 0.228 e. The lowest BCUT2D eigenvalue weighted by Gasteiger charge is -2.35. The second-order valence-corrected chi connectivity index (χ2v) is 5.57. The number of hydrogen-bond acceptors (Lipinski definition) is 3. The third-order valence-corrected chi connectivity index (χ3v) is 4.24. The molecule has 0 aliphatic carbocycles. The highest BCUT2D eigenvalue weighted by Crippen LogP contribution is 2.23. The van der Waals surface area contributed by atoms with Crippen molar-refractivity contribution in [1.29, 1.82) is 0 Å². The van der Waals surface area contributed by atoms with Crippen LogP contribution in [0, 0.1) is 11.8 Å². The Bertz CT molecular complexity index is 257. The summed E-state index contributed by atoms with van der Waals surface area (Å²) in [5.41, 5.74) is 0. The van der Waals surface area contributed by atoms with Gasteiger partial charge in [0.2, 0.25) is 5.91 Å². The van der Waals surface area contributed by atoms with Gasteiger partial charge in [0.05, 0.1) is 12.5 Å². The van der Waals surface area contributed by atoms with E-state index in [9.17, 15) is 4.79 Å². The molecule has 1 unspecified atom stereocenters. The van der Waals surface area contributed by atoms with Gasteiger partial charge in [-0.05, 0) is 51.6 Å². The fourth-order valence-corrected chi connectivity index (χ4v) is 2.98. The summed E-state index contributed by atoms with van der Waals surface area (Å²) in [4.78, 5) is 14.4. The molecule has 0 spiro atoms. The van der Waals surface area contributed by atoms with Crippen molar-refractivity contribution in [2.45, 2.75) is 32.1 Å². The van der Waals surface area contributed by atoms with E-state index in [1.54, 1.807) is 0 Å². The molecule has 1 amide bonds. The highest BCUT2D eigenvalue weighted by Gasteiger charge is 2.29. The number of amides is 1. The molecule has 0 aromatic carbocycles. The predicted molar refractivity (Wildman–Crippen MR) is 71.4 cm³/mol. The molecule has 4 heteroatoms. The van der Waals surface area contributed by atoms with E-state index >= 15 is 0 Å². The molecule has 2 heterocycles. The molecule has 0 aromatic heterocycles. The lowest BCUT2D eigenvalue weighted by atomic mass is 9.92. The van der Waals surface area contributed by atoms with Gasteiger partial charge in [0.25, 0.3) is 0 Å². The van der Waals surface area contributed by atoms with Gasteiger partial charge in [0, 0.05) is 19.7 Å². The quantitative estimate of drug-likeness (QED) is 0.821. The molecule has 0 radical (unpaired) electrons. The standard InChI is InChI=1S/C14H26N2O2/c1-15-7-4-12-5-8-16(9-6-12)14(17)13-3-2-10-18-11-13/h12-13,15H,2-11H2,1H3. The van der Waals surface area contributed by atoms with Gasteiger partial charge in [-0.3, -0.25) is 4.79 Å². The van der Waals surface area contributed by atoms with Crippen molar-refractivity contribution in [2.75, 3.05) is 39.9 Å². The molecule has 104 valence electrons. The largest absolute Gasteiger partial charge is 0.381 e. The van der Waals surface area contributed by atoms with Gasteiger partial charge < -0.3 is 15.0 Å². The molecule has 2 saturated heterocycles. The molecule has 1 N–H and O–H groups in total. The van der Waals surface area contributed by atoms with Gasteiger partial charge >= 0.3 is 0 Å². The predicted octanol–water partition coefficient (Wildman–Crippen LogP) is 1.26. The average Bonchev–Trinajstić information content (AvgIpc) is 2.46. The molecule has 0 aromatic rings. The highest BCUT2D eigenvalue weighted by atomic mass is 16.5. The number of hydrogen-bond donors (Lipinski definition) is 1. The van der Waals surface area contributed by atoms with E-state index in [2.05, 4.69) is 10.2 Å². The highest BCUT2D eigenvalue weighted by molar-refractivity contribution is 5.79. The Morgan fingerprint density at radius 2 is 2.11 bits per heavy atom. The fourth-order valence-electron chi connectivity index (χ4n) is 2.98. The number of rotatable bonds is 4. The Labute approximate surface area is 110 Å². The zero-order valence-electron chi connectivity index (χ0n) is 11.5. The number of carbonyl (C=O) groups is 1. The van der Waals surface area contributed by atoms with Crippen LogP contribution in [0.3, 0.4) is 0 Å². The SMILES string of the molecule is CNCCC1CCN(C(=O)C2CCCOC2)CC1. The van der Waals surface area contributed by atoms with Crippen molar-refractivity contribution in [3.8, 4) is 0 Å². The summed E-state index contributed by atoms with van der Waals surface area (Å²) in [6.45, 7) is 4.46. The average molecular weight is 254 g/mol. The van der Waals surface area contributed by atoms with Crippen molar-refractivity contribution in [3.05, 3.63) is 0 Å². The Balaban J connectivity index is 1.73. The van der Waals surface area contributed by atoms with Crippen LogP contribution < -0.4 is 5.32 Å². The first-order valence-corrected chi connectivity index (χ1v) is 7.32. The lowest BCUT2D eigenvalue weighted by molar-refractivity contribution is -0.141.